The van der Waals surface area contributed by atoms with Crippen LogP contribution >= 0.6 is 28.1 Å². The number of benzene rings is 1. The molecule has 0 radical (unpaired) electrons. The minimum Gasteiger partial charge on any atom is -0.389 e. The number of hydrogen-bond acceptors (Lipinski definition) is 2. The Hall–Kier alpha value is -0.610. The fourth-order valence-electron chi connectivity index (χ4n) is 2.56. The van der Waals surface area contributed by atoms with Crippen molar-refractivity contribution in [3.63, 3.8) is 0 Å². The first-order valence-electron chi connectivity index (χ1n) is 6.51. The molecule has 1 aromatic rings. The van der Waals surface area contributed by atoms with Crippen LogP contribution in [-0.4, -0.2) is 11.0 Å². The molecule has 96 valence electrons. The first-order valence-corrected chi connectivity index (χ1v) is 7.71. The summed E-state index contributed by atoms with van der Waals surface area (Å²) in [6, 6.07) is 6.69. The van der Waals surface area contributed by atoms with E-state index in [1.807, 2.05) is 12.1 Å². The highest BCUT2D eigenvalue weighted by molar-refractivity contribution is 9.10. The number of nitrogens with one attached hydrogen (secondary N) is 1. The van der Waals surface area contributed by atoms with E-state index in [1.54, 1.807) is 0 Å². The zero-order valence-electron chi connectivity index (χ0n) is 10.2. The summed E-state index contributed by atoms with van der Waals surface area (Å²) in [4.78, 5) is 0.468. The maximum absolute atomic E-state index is 5.80. The highest BCUT2D eigenvalue weighted by Gasteiger charge is 2.41. The van der Waals surface area contributed by atoms with Gasteiger partial charge in [-0.1, -0.05) is 28.1 Å². The molecule has 1 aromatic carbocycles. The summed E-state index contributed by atoms with van der Waals surface area (Å²) in [6.07, 6.45) is 5.46. The molecule has 2 nitrogen and oxygen atoms in total. The minimum atomic E-state index is 0.468. The second-order valence-corrected chi connectivity index (χ2v) is 6.75. The van der Waals surface area contributed by atoms with Crippen LogP contribution in [0.2, 0.25) is 0 Å². The molecule has 0 amide bonds. The number of halogens is 1. The van der Waals surface area contributed by atoms with Crippen LogP contribution in [0.1, 0.15) is 31.2 Å². The summed E-state index contributed by atoms with van der Waals surface area (Å²) in [5.74, 6) is 1.71. The lowest BCUT2D eigenvalue weighted by Gasteiger charge is -2.21. The van der Waals surface area contributed by atoms with E-state index in [0.717, 1.165) is 27.6 Å². The van der Waals surface area contributed by atoms with Gasteiger partial charge in [-0.15, -0.1) is 0 Å². The predicted octanol–water partition coefficient (Wildman–Crippen LogP) is 3.68. The Balaban J connectivity index is 1.85. The van der Waals surface area contributed by atoms with Crippen LogP contribution < -0.4 is 11.1 Å². The summed E-state index contributed by atoms with van der Waals surface area (Å²) in [6.45, 7) is 0. The van der Waals surface area contributed by atoms with Gasteiger partial charge in [0.2, 0.25) is 0 Å². The molecule has 3 N–H and O–H groups in total. The second kappa shape index (κ2) is 4.82. The summed E-state index contributed by atoms with van der Waals surface area (Å²) in [5.41, 5.74) is 7.84. The fraction of sp³-hybridized carbons (Fsp3) is 0.500. The van der Waals surface area contributed by atoms with Gasteiger partial charge < -0.3 is 11.1 Å². The Labute approximate surface area is 121 Å². The average molecular weight is 325 g/mol. The molecule has 0 aliphatic heterocycles. The summed E-state index contributed by atoms with van der Waals surface area (Å²) in [5, 5.41) is 3.70. The molecule has 0 spiro atoms. The average Bonchev–Trinajstić information content (AvgIpc) is 3.17. The smallest absolute Gasteiger partial charge is 0.106 e. The molecule has 0 heterocycles. The van der Waals surface area contributed by atoms with Crippen LogP contribution in [0, 0.1) is 11.8 Å². The molecule has 0 bridgehead atoms. The lowest BCUT2D eigenvalue weighted by Crippen LogP contribution is -2.26. The van der Waals surface area contributed by atoms with Crippen molar-refractivity contribution in [2.24, 2.45) is 17.6 Å². The van der Waals surface area contributed by atoms with Crippen LogP contribution in [0.3, 0.4) is 0 Å². The predicted molar refractivity (Wildman–Crippen MR) is 82.9 cm³/mol. The van der Waals surface area contributed by atoms with Crippen LogP contribution in [-0.2, 0) is 0 Å². The number of thiocarbonyl (C=S) groups is 1. The third-order valence-electron chi connectivity index (χ3n) is 3.83. The molecule has 0 atom stereocenters. The van der Waals surface area contributed by atoms with Gasteiger partial charge in [-0.05, 0) is 55.7 Å². The van der Waals surface area contributed by atoms with Crippen molar-refractivity contribution in [2.75, 3.05) is 5.32 Å². The van der Waals surface area contributed by atoms with Crippen molar-refractivity contribution in [2.45, 2.75) is 31.7 Å². The number of nitrogens with two attached hydrogens (primary N) is 1. The Bertz CT molecular complexity index is 469. The number of hydrogen-bond donors (Lipinski definition) is 2. The van der Waals surface area contributed by atoms with Gasteiger partial charge in [0, 0.05) is 21.8 Å². The van der Waals surface area contributed by atoms with Crippen LogP contribution in [0.5, 0.6) is 0 Å². The minimum absolute atomic E-state index is 0.468. The van der Waals surface area contributed by atoms with Crippen molar-refractivity contribution in [3.8, 4) is 0 Å². The van der Waals surface area contributed by atoms with Gasteiger partial charge in [0.1, 0.15) is 4.99 Å². The molecule has 2 aliphatic rings. The number of rotatable bonds is 5. The Kier molecular flexibility index (Phi) is 3.32. The molecule has 2 saturated carbocycles. The standard InChI is InChI=1S/C14H17BrN2S/c15-10-5-6-11(14(16)18)12(7-10)17-13(8-1-2-8)9-3-4-9/h5-9,13,17H,1-4H2,(H2,16,18). The molecular formula is C14H17BrN2S. The van der Waals surface area contributed by atoms with Gasteiger partial charge in [-0.25, -0.2) is 0 Å². The van der Waals surface area contributed by atoms with Gasteiger partial charge in [0.25, 0.3) is 0 Å². The lowest BCUT2D eigenvalue weighted by molar-refractivity contribution is 0.567. The zero-order chi connectivity index (χ0) is 12.7. The quantitative estimate of drug-likeness (QED) is 0.811. The van der Waals surface area contributed by atoms with Gasteiger partial charge in [-0.3, -0.25) is 0 Å². The first kappa shape index (κ1) is 12.4. The largest absolute Gasteiger partial charge is 0.389 e. The normalized spacial score (nSPS) is 19.0. The second-order valence-electron chi connectivity index (χ2n) is 5.40. The summed E-state index contributed by atoms with van der Waals surface area (Å²) >= 11 is 8.65. The lowest BCUT2D eigenvalue weighted by atomic mass is 10.1. The zero-order valence-corrected chi connectivity index (χ0v) is 12.6. The van der Waals surface area contributed by atoms with Crippen molar-refractivity contribution in [1.29, 1.82) is 0 Å². The van der Waals surface area contributed by atoms with Crippen molar-refractivity contribution in [3.05, 3.63) is 28.2 Å². The Morgan fingerprint density at radius 1 is 1.28 bits per heavy atom. The summed E-state index contributed by atoms with van der Waals surface area (Å²) < 4.78 is 1.07. The Morgan fingerprint density at radius 2 is 1.89 bits per heavy atom. The van der Waals surface area contributed by atoms with E-state index in [2.05, 4.69) is 27.3 Å². The van der Waals surface area contributed by atoms with Crippen molar-refractivity contribution >= 4 is 38.8 Å². The maximum atomic E-state index is 5.80. The molecule has 2 fully saturated rings. The molecule has 0 unspecified atom stereocenters. The fourth-order valence-corrected chi connectivity index (χ4v) is 3.10. The van der Waals surface area contributed by atoms with Crippen LogP contribution in [0.4, 0.5) is 5.69 Å². The van der Waals surface area contributed by atoms with E-state index in [-0.39, 0.29) is 0 Å². The summed E-state index contributed by atoms with van der Waals surface area (Å²) in [7, 11) is 0. The molecule has 4 heteroatoms. The topological polar surface area (TPSA) is 38.0 Å². The van der Waals surface area contributed by atoms with Crippen molar-refractivity contribution in [1.82, 2.24) is 0 Å². The highest BCUT2D eigenvalue weighted by atomic mass is 79.9. The van der Waals surface area contributed by atoms with Gasteiger partial charge in [-0.2, -0.15) is 0 Å². The van der Waals surface area contributed by atoms with E-state index in [4.69, 9.17) is 18.0 Å². The van der Waals surface area contributed by atoms with Gasteiger partial charge in [0.05, 0.1) is 0 Å². The monoisotopic (exact) mass is 324 g/mol. The van der Waals surface area contributed by atoms with Gasteiger partial charge in [0.15, 0.2) is 0 Å². The van der Waals surface area contributed by atoms with Crippen molar-refractivity contribution < 1.29 is 0 Å². The first-order chi connectivity index (χ1) is 8.65. The molecule has 2 aliphatic carbocycles. The third-order valence-corrected chi connectivity index (χ3v) is 4.54. The molecule has 3 rings (SSSR count). The Morgan fingerprint density at radius 3 is 2.39 bits per heavy atom. The van der Waals surface area contributed by atoms with Crippen LogP contribution in [0.25, 0.3) is 0 Å². The molecule has 0 aromatic heterocycles. The van der Waals surface area contributed by atoms with E-state index in [0.29, 0.717) is 11.0 Å². The van der Waals surface area contributed by atoms with E-state index in [1.165, 1.54) is 25.7 Å². The highest BCUT2D eigenvalue weighted by Crippen LogP contribution is 2.46. The van der Waals surface area contributed by atoms with E-state index < -0.39 is 0 Å². The van der Waals surface area contributed by atoms with E-state index >= 15 is 0 Å². The maximum Gasteiger partial charge on any atom is 0.106 e. The van der Waals surface area contributed by atoms with Gasteiger partial charge >= 0.3 is 0 Å². The third kappa shape index (κ3) is 2.69. The SMILES string of the molecule is NC(=S)c1ccc(Br)cc1NC(C1CC1)C1CC1. The molecule has 18 heavy (non-hydrogen) atoms. The van der Waals surface area contributed by atoms with E-state index in [9.17, 15) is 0 Å². The number of anilines is 1. The molecule has 0 saturated heterocycles. The van der Waals surface area contributed by atoms with Crippen LogP contribution in [0.15, 0.2) is 22.7 Å². The molecular weight excluding hydrogens is 308 g/mol.